The van der Waals surface area contributed by atoms with E-state index in [1.807, 2.05) is 12.1 Å². The molecule has 0 aromatic heterocycles. The highest BCUT2D eigenvalue weighted by Gasteiger charge is 2.09. The maximum absolute atomic E-state index is 13.2. The van der Waals surface area contributed by atoms with Gasteiger partial charge < -0.3 is 0 Å². The monoisotopic (exact) mass is 274 g/mol. The molecule has 2 aromatic carbocycles. The van der Waals surface area contributed by atoms with Gasteiger partial charge in [0.05, 0.1) is 0 Å². The Morgan fingerprint density at radius 3 is 2.63 bits per heavy atom. The first-order chi connectivity index (χ1) is 9.08. The van der Waals surface area contributed by atoms with Crippen molar-refractivity contribution in [1.29, 1.82) is 0 Å². The van der Waals surface area contributed by atoms with Crippen molar-refractivity contribution < 1.29 is 9.18 Å². The highest BCUT2D eigenvalue weighted by Crippen LogP contribution is 2.28. The van der Waals surface area contributed by atoms with Gasteiger partial charge in [-0.15, -0.1) is 11.8 Å². The average molecular weight is 274 g/mol. The third kappa shape index (κ3) is 3.44. The van der Waals surface area contributed by atoms with Gasteiger partial charge in [0, 0.05) is 16.2 Å². The van der Waals surface area contributed by atoms with Crippen LogP contribution in [0.3, 0.4) is 0 Å². The lowest BCUT2D eigenvalue weighted by Gasteiger charge is -2.08. The van der Waals surface area contributed by atoms with Crippen LogP contribution in [-0.2, 0) is 5.75 Å². The topological polar surface area (TPSA) is 17.1 Å². The number of ketones is 1. The molecular weight excluding hydrogens is 259 g/mol. The molecule has 0 heterocycles. The third-order valence-electron chi connectivity index (χ3n) is 2.97. The number of aryl methyl sites for hydroxylation is 1. The fraction of sp³-hybridized carbons (Fsp3) is 0.188. The van der Waals surface area contributed by atoms with Gasteiger partial charge in [-0.1, -0.05) is 24.3 Å². The van der Waals surface area contributed by atoms with Crippen molar-refractivity contribution in [3.63, 3.8) is 0 Å². The van der Waals surface area contributed by atoms with Gasteiger partial charge in [0.25, 0.3) is 0 Å². The quantitative estimate of drug-likeness (QED) is 0.597. The molecule has 0 bridgehead atoms. The minimum absolute atomic E-state index is 0.105. The summed E-state index contributed by atoms with van der Waals surface area (Å²) < 4.78 is 13.2. The molecule has 98 valence electrons. The molecular formula is C16H15FOS. The molecule has 1 nitrogen and oxygen atoms in total. The van der Waals surface area contributed by atoms with E-state index in [0.29, 0.717) is 5.56 Å². The van der Waals surface area contributed by atoms with Crippen molar-refractivity contribution in [2.75, 3.05) is 0 Å². The van der Waals surface area contributed by atoms with Crippen LogP contribution in [0.5, 0.6) is 0 Å². The van der Waals surface area contributed by atoms with Crippen LogP contribution >= 0.6 is 11.8 Å². The van der Waals surface area contributed by atoms with Gasteiger partial charge in [-0.3, -0.25) is 4.79 Å². The zero-order chi connectivity index (χ0) is 13.8. The van der Waals surface area contributed by atoms with E-state index in [0.717, 1.165) is 10.6 Å². The second-order valence-electron chi connectivity index (χ2n) is 4.41. The summed E-state index contributed by atoms with van der Waals surface area (Å²) in [7, 11) is 0. The highest BCUT2D eigenvalue weighted by atomic mass is 32.2. The molecule has 0 atom stereocenters. The molecule has 3 heteroatoms. The largest absolute Gasteiger partial charge is 0.294 e. The summed E-state index contributed by atoms with van der Waals surface area (Å²) in [4.78, 5) is 12.3. The molecule has 0 saturated heterocycles. The Morgan fingerprint density at radius 2 is 1.95 bits per heavy atom. The molecule has 0 saturated carbocycles. The van der Waals surface area contributed by atoms with Crippen LogP contribution in [0.25, 0.3) is 0 Å². The number of rotatable bonds is 4. The molecule has 2 rings (SSSR count). The fourth-order valence-electron chi connectivity index (χ4n) is 1.83. The van der Waals surface area contributed by atoms with Crippen LogP contribution in [0.1, 0.15) is 28.4 Å². The first-order valence-corrected chi connectivity index (χ1v) is 7.04. The van der Waals surface area contributed by atoms with E-state index in [4.69, 9.17) is 0 Å². The number of halogens is 1. The van der Waals surface area contributed by atoms with Gasteiger partial charge >= 0.3 is 0 Å². The maximum atomic E-state index is 13.2. The third-order valence-corrected chi connectivity index (χ3v) is 4.09. The molecule has 0 aliphatic carbocycles. The number of hydrogen-bond donors (Lipinski definition) is 0. The second-order valence-corrected chi connectivity index (χ2v) is 5.43. The van der Waals surface area contributed by atoms with Gasteiger partial charge in [-0.05, 0) is 43.2 Å². The van der Waals surface area contributed by atoms with Crippen LogP contribution in [-0.4, -0.2) is 5.78 Å². The van der Waals surface area contributed by atoms with Crippen molar-refractivity contribution in [1.82, 2.24) is 0 Å². The summed E-state index contributed by atoms with van der Waals surface area (Å²) in [6, 6.07) is 12.5. The Hall–Kier alpha value is -1.61. The van der Waals surface area contributed by atoms with Gasteiger partial charge in [-0.25, -0.2) is 4.39 Å². The van der Waals surface area contributed by atoms with Crippen molar-refractivity contribution in [2.24, 2.45) is 0 Å². The molecule has 0 radical (unpaired) electrons. The van der Waals surface area contributed by atoms with Crippen molar-refractivity contribution in [3.8, 4) is 0 Å². The van der Waals surface area contributed by atoms with Gasteiger partial charge in [-0.2, -0.15) is 0 Å². The Bertz CT molecular complexity index is 607. The molecule has 0 fully saturated rings. The summed E-state index contributed by atoms with van der Waals surface area (Å²) in [6.45, 7) is 3.53. The molecule has 0 spiro atoms. The Balaban J connectivity index is 2.20. The Morgan fingerprint density at radius 1 is 1.21 bits per heavy atom. The van der Waals surface area contributed by atoms with Crippen LogP contribution < -0.4 is 0 Å². The van der Waals surface area contributed by atoms with Crippen molar-refractivity contribution >= 4 is 17.5 Å². The molecule has 0 amide bonds. The van der Waals surface area contributed by atoms with Crippen molar-refractivity contribution in [2.45, 2.75) is 24.5 Å². The number of carbonyl (C=O) groups is 1. The molecule has 0 aliphatic rings. The minimum Gasteiger partial charge on any atom is -0.294 e. The predicted octanol–water partition coefficient (Wildman–Crippen LogP) is 4.63. The van der Waals surface area contributed by atoms with Crippen LogP contribution in [0.2, 0.25) is 0 Å². The Kier molecular flexibility index (Phi) is 4.38. The van der Waals surface area contributed by atoms with E-state index >= 15 is 0 Å². The van der Waals surface area contributed by atoms with Crippen LogP contribution in [0.4, 0.5) is 4.39 Å². The lowest BCUT2D eigenvalue weighted by molar-refractivity contribution is 0.101. The number of carbonyl (C=O) groups excluding carboxylic acids is 1. The number of benzene rings is 2. The van der Waals surface area contributed by atoms with E-state index in [9.17, 15) is 9.18 Å². The van der Waals surface area contributed by atoms with E-state index in [1.165, 1.54) is 30.2 Å². The molecule has 0 unspecified atom stereocenters. The number of Topliss-reactive ketones (excluding diaryl/α,β-unsaturated/α-hetero) is 1. The van der Waals surface area contributed by atoms with Crippen LogP contribution in [0, 0.1) is 12.7 Å². The number of hydrogen-bond acceptors (Lipinski definition) is 2. The van der Waals surface area contributed by atoms with E-state index < -0.39 is 0 Å². The summed E-state index contributed by atoms with van der Waals surface area (Å²) in [5.41, 5.74) is 2.91. The normalized spacial score (nSPS) is 10.5. The van der Waals surface area contributed by atoms with Crippen molar-refractivity contribution in [3.05, 3.63) is 65.0 Å². The van der Waals surface area contributed by atoms with Gasteiger partial charge in [0.15, 0.2) is 5.78 Å². The summed E-state index contributed by atoms with van der Waals surface area (Å²) in [5, 5.41) is 0. The first-order valence-electron chi connectivity index (χ1n) is 6.05. The minimum atomic E-state index is -0.370. The SMILES string of the molecule is CC(=O)c1cc(F)ccc1SCc1ccccc1C. The molecule has 19 heavy (non-hydrogen) atoms. The standard InChI is InChI=1S/C16H15FOS/c1-11-5-3-4-6-13(11)10-19-16-8-7-14(17)9-15(16)12(2)18/h3-9H,10H2,1-2H3. The maximum Gasteiger partial charge on any atom is 0.161 e. The number of thioether (sulfide) groups is 1. The lowest BCUT2D eigenvalue weighted by atomic mass is 10.1. The van der Waals surface area contributed by atoms with E-state index in [1.54, 1.807) is 17.8 Å². The molecule has 0 N–H and O–H groups in total. The van der Waals surface area contributed by atoms with Crippen LogP contribution in [0.15, 0.2) is 47.4 Å². The summed E-state index contributed by atoms with van der Waals surface area (Å²) >= 11 is 1.56. The van der Waals surface area contributed by atoms with E-state index in [2.05, 4.69) is 19.1 Å². The van der Waals surface area contributed by atoms with Gasteiger partial charge in [0.1, 0.15) is 5.82 Å². The van der Waals surface area contributed by atoms with Gasteiger partial charge in [0.2, 0.25) is 0 Å². The smallest absolute Gasteiger partial charge is 0.161 e. The molecule has 0 aliphatic heterocycles. The zero-order valence-corrected chi connectivity index (χ0v) is 11.8. The second kappa shape index (κ2) is 6.02. The molecule has 2 aromatic rings. The zero-order valence-electron chi connectivity index (χ0n) is 10.9. The lowest BCUT2D eigenvalue weighted by Crippen LogP contribution is -1.97. The predicted molar refractivity (Wildman–Crippen MR) is 77.1 cm³/mol. The average Bonchev–Trinajstić information content (AvgIpc) is 2.38. The highest BCUT2D eigenvalue weighted by molar-refractivity contribution is 7.98. The van der Waals surface area contributed by atoms with E-state index in [-0.39, 0.29) is 11.6 Å². The Labute approximate surface area is 116 Å². The summed E-state index contributed by atoms with van der Waals surface area (Å²) in [5.74, 6) is 0.302. The first kappa shape index (κ1) is 13.8. The summed E-state index contributed by atoms with van der Waals surface area (Å²) in [6.07, 6.45) is 0. The fourth-order valence-corrected chi connectivity index (χ4v) is 2.99.